The predicted molar refractivity (Wildman–Crippen MR) is 90.1 cm³/mol. The van der Waals surface area contributed by atoms with E-state index in [1.807, 2.05) is 18.3 Å². The number of carbonyl (C=O) groups excluding carboxylic acids is 1. The molecule has 0 aliphatic carbocycles. The Morgan fingerprint density at radius 1 is 1.52 bits per heavy atom. The Kier molecular flexibility index (Phi) is 5.81. The van der Waals surface area contributed by atoms with Gasteiger partial charge in [0.15, 0.2) is 4.60 Å². The fourth-order valence-electron chi connectivity index (χ4n) is 1.80. The molecular weight excluding hydrogens is 352 g/mol. The van der Waals surface area contributed by atoms with E-state index in [4.69, 9.17) is 0 Å². The number of rotatable bonds is 6. The highest BCUT2D eigenvalue weighted by atomic mass is 79.9. The second kappa shape index (κ2) is 7.61. The molecule has 0 aliphatic rings. The molecule has 0 unspecified atom stereocenters. The fraction of sp³-hybridized carbons (Fsp3) is 0.357. The number of amides is 1. The van der Waals surface area contributed by atoms with E-state index in [0.29, 0.717) is 11.0 Å². The maximum Gasteiger partial charge on any atom is 0.227 e. The summed E-state index contributed by atoms with van der Waals surface area (Å²) in [4.78, 5) is 17.9. The number of nitrogens with zero attached hydrogens (tertiary/aromatic N) is 4. The highest BCUT2D eigenvalue weighted by Gasteiger charge is 2.17. The van der Waals surface area contributed by atoms with Gasteiger partial charge in [-0.25, -0.2) is 4.68 Å². The third kappa shape index (κ3) is 4.07. The Bertz CT molecular complexity index is 602. The second-order valence-corrected chi connectivity index (χ2v) is 6.51. The number of halogens is 1. The quantitative estimate of drug-likeness (QED) is 0.734. The van der Waals surface area contributed by atoms with Crippen LogP contribution in [0.4, 0.5) is 5.69 Å². The molecule has 2 aromatic rings. The van der Waals surface area contributed by atoms with Crippen molar-refractivity contribution in [2.24, 2.45) is 0 Å². The van der Waals surface area contributed by atoms with Crippen LogP contribution < -0.4 is 4.90 Å². The Hall–Kier alpha value is -1.34. The molecule has 0 aliphatic heterocycles. The first-order valence-corrected chi connectivity index (χ1v) is 8.58. The summed E-state index contributed by atoms with van der Waals surface area (Å²) in [7, 11) is 1.77. The first-order valence-electron chi connectivity index (χ1n) is 6.63. The maximum atomic E-state index is 12.2. The van der Waals surface area contributed by atoms with Crippen LogP contribution in [0.25, 0.3) is 5.69 Å². The van der Waals surface area contributed by atoms with Gasteiger partial charge in [0.05, 0.1) is 23.8 Å². The highest BCUT2D eigenvalue weighted by Crippen LogP contribution is 2.26. The molecule has 0 bridgehead atoms. The summed E-state index contributed by atoms with van der Waals surface area (Å²) in [5.74, 6) is 1.95. The van der Waals surface area contributed by atoms with Crippen molar-refractivity contribution in [3.63, 3.8) is 0 Å². The molecule has 0 spiro atoms. The number of hydrogen-bond donors (Lipinski definition) is 0. The largest absolute Gasteiger partial charge is 0.312 e. The minimum atomic E-state index is 0.0855. The number of hydrogen-bond acceptors (Lipinski definition) is 4. The van der Waals surface area contributed by atoms with Crippen LogP contribution in [0.3, 0.4) is 0 Å². The summed E-state index contributed by atoms with van der Waals surface area (Å²) in [6.07, 6.45) is 5.79. The Morgan fingerprint density at radius 2 is 2.33 bits per heavy atom. The maximum absolute atomic E-state index is 12.2. The first kappa shape index (κ1) is 16.0. The minimum absolute atomic E-state index is 0.0855. The smallest absolute Gasteiger partial charge is 0.227 e. The average Bonchev–Trinajstić information content (AvgIpc) is 2.89. The van der Waals surface area contributed by atoms with Gasteiger partial charge in [0.2, 0.25) is 5.91 Å². The SMILES string of the molecule is CCSCCC(=O)N(C)c1cn(-c2cccnc2)nc1Br. The lowest BCUT2D eigenvalue weighted by atomic mass is 10.4. The average molecular weight is 369 g/mol. The lowest BCUT2D eigenvalue weighted by Crippen LogP contribution is -2.26. The zero-order valence-electron chi connectivity index (χ0n) is 12.0. The predicted octanol–water partition coefficient (Wildman–Crippen LogP) is 3.14. The van der Waals surface area contributed by atoms with Crippen LogP contribution >= 0.6 is 27.7 Å². The monoisotopic (exact) mass is 368 g/mol. The van der Waals surface area contributed by atoms with E-state index < -0.39 is 0 Å². The summed E-state index contributed by atoms with van der Waals surface area (Å²) >= 11 is 5.18. The summed E-state index contributed by atoms with van der Waals surface area (Å²) < 4.78 is 2.35. The first-order chi connectivity index (χ1) is 10.1. The number of carbonyl (C=O) groups is 1. The van der Waals surface area contributed by atoms with Gasteiger partial charge < -0.3 is 4.90 Å². The molecule has 21 heavy (non-hydrogen) atoms. The summed E-state index contributed by atoms with van der Waals surface area (Å²) in [6, 6.07) is 3.76. The lowest BCUT2D eigenvalue weighted by molar-refractivity contribution is -0.117. The van der Waals surface area contributed by atoms with E-state index >= 15 is 0 Å². The molecule has 0 N–H and O–H groups in total. The third-order valence-electron chi connectivity index (χ3n) is 2.96. The van der Waals surface area contributed by atoms with Crippen LogP contribution in [0.2, 0.25) is 0 Å². The normalized spacial score (nSPS) is 10.6. The molecule has 5 nitrogen and oxygen atoms in total. The van der Waals surface area contributed by atoms with Gasteiger partial charge in [-0.2, -0.15) is 16.9 Å². The standard InChI is InChI=1S/C14H17BrN4OS/c1-3-21-8-6-13(20)18(2)12-10-19(17-14(12)15)11-5-4-7-16-9-11/h4-5,7,9-10H,3,6,8H2,1-2H3. The van der Waals surface area contributed by atoms with Crippen molar-refractivity contribution in [2.75, 3.05) is 23.5 Å². The van der Waals surface area contributed by atoms with Gasteiger partial charge in [-0.1, -0.05) is 6.92 Å². The van der Waals surface area contributed by atoms with Crippen LogP contribution in [-0.2, 0) is 4.79 Å². The van der Waals surface area contributed by atoms with E-state index in [1.54, 1.807) is 40.8 Å². The topological polar surface area (TPSA) is 51.0 Å². The van der Waals surface area contributed by atoms with Gasteiger partial charge in [0.1, 0.15) is 0 Å². The van der Waals surface area contributed by atoms with Crippen LogP contribution in [0.5, 0.6) is 0 Å². The van der Waals surface area contributed by atoms with Gasteiger partial charge in [-0.15, -0.1) is 0 Å². The summed E-state index contributed by atoms with van der Waals surface area (Å²) in [5, 5.41) is 4.38. The van der Waals surface area contributed by atoms with Gasteiger partial charge in [-0.3, -0.25) is 9.78 Å². The zero-order chi connectivity index (χ0) is 15.2. The van der Waals surface area contributed by atoms with Crippen molar-refractivity contribution in [2.45, 2.75) is 13.3 Å². The molecular formula is C14H17BrN4OS. The van der Waals surface area contributed by atoms with Crippen molar-refractivity contribution in [3.05, 3.63) is 35.3 Å². The number of anilines is 1. The molecule has 0 saturated carbocycles. The highest BCUT2D eigenvalue weighted by molar-refractivity contribution is 9.10. The van der Waals surface area contributed by atoms with Crippen LogP contribution in [0.15, 0.2) is 35.3 Å². The van der Waals surface area contributed by atoms with Crippen LogP contribution in [0.1, 0.15) is 13.3 Å². The van der Waals surface area contributed by atoms with Gasteiger partial charge in [0, 0.05) is 25.4 Å². The van der Waals surface area contributed by atoms with E-state index in [2.05, 4.69) is 32.9 Å². The molecule has 112 valence electrons. The molecule has 7 heteroatoms. The second-order valence-electron chi connectivity index (χ2n) is 4.36. The molecule has 0 radical (unpaired) electrons. The van der Waals surface area contributed by atoms with Crippen molar-refractivity contribution in [1.29, 1.82) is 0 Å². The Labute approximate surface area is 136 Å². The molecule has 0 fully saturated rings. The number of pyridine rings is 1. The van der Waals surface area contributed by atoms with E-state index in [1.165, 1.54) is 0 Å². The van der Waals surface area contributed by atoms with E-state index in [9.17, 15) is 4.79 Å². The number of thioether (sulfide) groups is 1. The Morgan fingerprint density at radius 3 is 3.00 bits per heavy atom. The van der Waals surface area contributed by atoms with Crippen molar-refractivity contribution < 1.29 is 4.79 Å². The molecule has 0 aromatic carbocycles. The van der Waals surface area contributed by atoms with Crippen LogP contribution in [-0.4, -0.2) is 39.2 Å². The van der Waals surface area contributed by atoms with Gasteiger partial charge >= 0.3 is 0 Å². The van der Waals surface area contributed by atoms with Gasteiger partial charge in [0.25, 0.3) is 0 Å². The van der Waals surface area contributed by atoms with E-state index in [0.717, 1.165) is 22.9 Å². The Balaban J connectivity index is 2.13. The lowest BCUT2D eigenvalue weighted by Gasteiger charge is -2.15. The molecule has 0 saturated heterocycles. The van der Waals surface area contributed by atoms with Gasteiger partial charge in [-0.05, 0) is 33.8 Å². The number of aromatic nitrogens is 3. The van der Waals surface area contributed by atoms with Crippen molar-refractivity contribution in [1.82, 2.24) is 14.8 Å². The van der Waals surface area contributed by atoms with Crippen molar-refractivity contribution >= 4 is 39.3 Å². The van der Waals surface area contributed by atoms with E-state index in [-0.39, 0.29) is 5.91 Å². The molecule has 2 aromatic heterocycles. The molecule has 1 amide bonds. The fourth-order valence-corrected chi connectivity index (χ4v) is 2.94. The molecule has 2 rings (SSSR count). The molecule has 2 heterocycles. The van der Waals surface area contributed by atoms with Crippen LogP contribution in [0, 0.1) is 0 Å². The molecule has 0 atom stereocenters. The summed E-state index contributed by atoms with van der Waals surface area (Å²) in [5.41, 5.74) is 1.61. The summed E-state index contributed by atoms with van der Waals surface area (Å²) in [6.45, 7) is 2.09. The third-order valence-corrected chi connectivity index (χ3v) is 4.43. The minimum Gasteiger partial charge on any atom is -0.312 e. The zero-order valence-corrected chi connectivity index (χ0v) is 14.4. The van der Waals surface area contributed by atoms with Crippen molar-refractivity contribution in [3.8, 4) is 5.69 Å².